The first-order valence-electron chi connectivity index (χ1n) is 6.25. The molecule has 0 aromatic carbocycles. The summed E-state index contributed by atoms with van der Waals surface area (Å²) < 4.78 is 0. The third-order valence-electron chi connectivity index (χ3n) is 3.68. The van der Waals surface area contributed by atoms with Crippen LogP contribution in [0.3, 0.4) is 0 Å². The van der Waals surface area contributed by atoms with Crippen molar-refractivity contribution in [2.24, 2.45) is 11.7 Å². The summed E-state index contributed by atoms with van der Waals surface area (Å²) in [6, 6.07) is 1.96. The first-order chi connectivity index (χ1) is 6.74. The van der Waals surface area contributed by atoms with Crippen LogP contribution in [0.5, 0.6) is 0 Å². The van der Waals surface area contributed by atoms with Gasteiger partial charge in [0.05, 0.1) is 0 Å². The summed E-state index contributed by atoms with van der Waals surface area (Å²) in [5.74, 6) is 1.04. The lowest BCUT2D eigenvalue weighted by Gasteiger charge is -2.29. The van der Waals surface area contributed by atoms with Gasteiger partial charge in [0.1, 0.15) is 0 Å². The summed E-state index contributed by atoms with van der Waals surface area (Å²) in [5, 5.41) is 3.76. The van der Waals surface area contributed by atoms with Crippen molar-refractivity contribution in [3.63, 3.8) is 0 Å². The highest BCUT2D eigenvalue weighted by atomic mass is 14.9. The van der Waals surface area contributed by atoms with Gasteiger partial charge in [0.2, 0.25) is 0 Å². The summed E-state index contributed by atoms with van der Waals surface area (Å²) in [5.41, 5.74) is 5.89. The molecule has 2 saturated carbocycles. The largest absolute Gasteiger partial charge is 0.328 e. The number of hydrogen-bond acceptors (Lipinski definition) is 2. The van der Waals surface area contributed by atoms with E-state index in [2.05, 4.69) is 12.2 Å². The van der Waals surface area contributed by atoms with Gasteiger partial charge in [0.25, 0.3) is 0 Å². The van der Waals surface area contributed by atoms with Crippen molar-refractivity contribution < 1.29 is 0 Å². The van der Waals surface area contributed by atoms with Crippen LogP contribution in [0, 0.1) is 5.92 Å². The molecule has 0 aromatic rings. The summed E-state index contributed by atoms with van der Waals surface area (Å²) in [7, 11) is 0. The van der Waals surface area contributed by atoms with E-state index in [1.165, 1.54) is 44.9 Å². The van der Waals surface area contributed by atoms with E-state index in [0.29, 0.717) is 6.04 Å². The zero-order valence-electron chi connectivity index (χ0n) is 9.34. The second-order valence-electron chi connectivity index (χ2n) is 5.36. The van der Waals surface area contributed by atoms with Crippen LogP contribution in [0.4, 0.5) is 0 Å². The summed E-state index contributed by atoms with van der Waals surface area (Å²) in [6.45, 7) is 2.34. The van der Waals surface area contributed by atoms with Gasteiger partial charge >= 0.3 is 0 Å². The molecule has 2 fully saturated rings. The van der Waals surface area contributed by atoms with E-state index < -0.39 is 0 Å². The van der Waals surface area contributed by atoms with Crippen molar-refractivity contribution in [1.29, 1.82) is 0 Å². The number of nitrogens with two attached hydrogens (primary N) is 1. The smallest absolute Gasteiger partial charge is 0.00706 e. The van der Waals surface area contributed by atoms with Gasteiger partial charge in [-0.15, -0.1) is 0 Å². The summed E-state index contributed by atoms with van der Waals surface area (Å²) in [6.07, 6.45) is 9.35. The lowest BCUT2D eigenvalue weighted by atomic mass is 9.91. The molecule has 0 spiro atoms. The summed E-state index contributed by atoms with van der Waals surface area (Å²) in [4.78, 5) is 0. The Labute approximate surface area is 87.6 Å². The van der Waals surface area contributed by atoms with Crippen molar-refractivity contribution in [2.75, 3.05) is 0 Å². The van der Waals surface area contributed by atoms with Gasteiger partial charge in [0, 0.05) is 18.1 Å². The lowest BCUT2D eigenvalue weighted by Crippen LogP contribution is -2.41. The van der Waals surface area contributed by atoms with E-state index in [1.807, 2.05) is 0 Å². The minimum absolute atomic E-state index is 0.479. The average molecular weight is 196 g/mol. The molecule has 0 aliphatic heterocycles. The van der Waals surface area contributed by atoms with Gasteiger partial charge in [-0.25, -0.2) is 0 Å². The maximum absolute atomic E-state index is 5.89. The van der Waals surface area contributed by atoms with E-state index in [4.69, 9.17) is 5.73 Å². The Balaban J connectivity index is 1.63. The van der Waals surface area contributed by atoms with Crippen molar-refractivity contribution in [2.45, 2.75) is 70.0 Å². The monoisotopic (exact) mass is 196 g/mol. The van der Waals surface area contributed by atoms with Crippen LogP contribution < -0.4 is 11.1 Å². The van der Waals surface area contributed by atoms with Crippen molar-refractivity contribution in [3.05, 3.63) is 0 Å². The molecule has 0 saturated heterocycles. The quantitative estimate of drug-likeness (QED) is 0.722. The molecule has 2 aliphatic carbocycles. The zero-order valence-corrected chi connectivity index (χ0v) is 9.34. The predicted octanol–water partition coefficient (Wildman–Crippen LogP) is 2.03. The fourth-order valence-electron chi connectivity index (χ4n) is 2.61. The highest BCUT2D eigenvalue weighted by Gasteiger charge is 2.25. The molecule has 1 atom stereocenters. The highest BCUT2D eigenvalue weighted by Crippen LogP contribution is 2.33. The Morgan fingerprint density at radius 2 is 1.79 bits per heavy atom. The number of hydrogen-bond donors (Lipinski definition) is 2. The molecule has 14 heavy (non-hydrogen) atoms. The fraction of sp³-hybridized carbons (Fsp3) is 1.00. The zero-order chi connectivity index (χ0) is 9.97. The first kappa shape index (κ1) is 10.4. The molecule has 3 N–H and O–H groups in total. The molecule has 2 nitrogen and oxygen atoms in total. The fourth-order valence-corrected chi connectivity index (χ4v) is 2.61. The molecule has 2 aliphatic rings. The Kier molecular flexibility index (Phi) is 3.45. The Morgan fingerprint density at radius 3 is 2.36 bits per heavy atom. The van der Waals surface area contributed by atoms with Crippen LogP contribution in [0.2, 0.25) is 0 Å². The lowest BCUT2D eigenvalue weighted by molar-refractivity contribution is 0.310. The highest BCUT2D eigenvalue weighted by molar-refractivity contribution is 4.83. The standard InChI is InChI=1S/C12H24N2/c1-9(8-10-2-3-10)14-12-6-4-11(13)5-7-12/h9-12,14H,2-8,13H2,1H3. The minimum atomic E-state index is 0.479. The van der Waals surface area contributed by atoms with E-state index in [9.17, 15) is 0 Å². The maximum Gasteiger partial charge on any atom is 0.00706 e. The second kappa shape index (κ2) is 4.63. The minimum Gasteiger partial charge on any atom is -0.328 e. The van der Waals surface area contributed by atoms with Crippen molar-refractivity contribution >= 4 is 0 Å². The van der Waals surface area contributed by atoms with Crippen molar-refractivity contribution in [1.82, 2.24) is 5.32 Å². The van der Waals surface area contributed by atoms with Crippen LogP contribution in [0.15, 0.2) is 0 Å². The van der Waals surface area contributed by atoms with Gasteiger partial charge in [-0.2, -0.15) is 0 Å². The van der Waals surface area contributed by atoms with E-state index >= 15 is 0 Å². The second-order valence-corrected chi connectivity index (χ2v) is 5.36. The molecule has 2 heteroatoms. The Hall–Kier alpha value is -0.0800. The molecule has 0 amide bonds. The molecular weight excluding hydrogens is 172 g/mol. The molecular formula is C12H24N2. The SMILES string of the molecule is CC(CC1CC1)NC1CCC(N)CC1. The molecule has 82 valence electrons. The average Bonchev–Trinajstić information content (AvgIpc) is 2.93. The van der Waals surface area contributed by atoms with Gasteiger partial charge in [-0.05, 0) is 44.9 Å². The van der Waals surface area contributed by atoms with E-state index in [0.717, 1.165) is 18.0 Å². The van der Waals surface area contributed by atoms with Crippen LogP contribution in [-0.4, -0.2) is 18.1 Å². The maximum atomic E-state index is 5.89. The molecule has 0 radical (unpaired) electrons. The number of nitrogens with one attached hydrogen (secondary N) is 1. The third-order valence-corrected chi connectivity index (χ3v) is 3.68. The van der Waals surface area contributed by atoms with Crippen LogP contribution >= 0.6 is 0 Å². The predicted molar refractivity (Wildman–Crippen MR) is 60.2 cm³/mol. The van der Waals surface area contributed by atoms with E-state index in [-0.39, 0.29) is 0 Å². The van der Waals surface area contributed by atoms with Crippen LogP contribution in [0.25, 0.3) is 0 Å². The van der Waals surface area contributed by atoms with Crippen LogP contribution in [0.1, 0.15) is 51.9 Å². The number of rotatable bonds is 4. The van der Waals surface area contributed by atoms with Crippen molar-refractivity contribution in [3.8, 4) is 0 Å². The Bertz CT molecular complexity index is 169. The van der Waals surface area contributed by atoms with Gasteiger partial charge < -0.3 is 11.1 Å². The van der Waals surface area contributed by atoms with E-state index in [1.54, 1.807) is 0 Å². The molecule has 0 heterocycles. The first-order valence-corrected chi connectivity index (χ1v) is 6.25. The normalized spacial score (nSPS) is 35.6. The Morgan fingerprint density at radius 1 is 1.14 bits per heavy atom. The molecule has 2 rings (SSSR count). The van der Waals surface area contributed by atoms with Gasteiger partial charge in [0.15, 0.2) is 0 Å². The molecule has 0 bridgehead atoms. The van der Waals surface area contributed by atoms with Gasteiger partial charge in [-0.1, -0.05) is 12.8 Å². The topological polar surface area (TPSA) is 38.0 Å². The third kappa shape index (κ3) is 3.25. The molecule has 1 unspecified atom stereocenters. The van der Waals surface area contributed by atoms with Gasteiger partial charge in [-0.3, -0.25) is 0 Å². The summed E-state index contributed by atoms with van der Waals surface area (Å²) >= 11 is 0. The molecule has 0 aromatic heterocycles. The van der Waals surface area contributed by atoms with Crippen LogP contribution in [-0.2, 0) is 0 Å².